The second kappa shape index (κ2) is 3.61. The van der Waals surface area contributed by atoms with E-state index in [1.165, 1.54) is 19.0 Å². The number of rotatable bonds is 3. The van der Waals surface area contributed by atoms with Crippen LogP contribution in [0.15, 0.2) is 6.20 Å². The molecule has 0 amide bonds. The molecule has 4 nitrogen and oxygen atoms in total. The van der Waals surface area contributed by atoms with Crippen LogP contribution in [0.25, 0.3) is 0 Å². The molecule has 2 rings (SSSR count). The predicted octanol–water partition coefficient (Wildman–Crippen LogP) is 1.92. The lowest BCUT2D eigenvalue weighted by Crippen LogP contribution is -2.18. The Balaban J connectivity index is 2.10. The molecule has 1 aromatic rings. The molecule has 1 saturated carbocycles. The predicted molar refractivity (Wildman–Crippen MR) is 57.3 cm³/mol. The molecule has 14 heavy (non-hydrogen) atoms. The highest BCUT2D eigenvalue weighted by Gasteiger charge is 2.28. The normalized spacial score (nSPS) is 17.9. The summed E-state index contributed by atoms with van der Waals surface area (Å²) in [5.41, 5.74) is 5.47. The molecule has 0 radical (unpaired) electrons. The van der Waals surface area contributed by atoms with Crippen molar-refractivity contribution in [1.29, 1.82) is 0 Å². The lowest BCUT2D eigenvalue weighted by atomic mass is 10.2. The van der Waals surface area contributed by atoms with Crippen LogP contribution in [0.2, 0.25) is 5.02 Å². The summed E-state index contributed by atoms with van der Waals surface area (Å²) >= 11 is 5.92. The third kappa shape index (κ3) is 2.07. The molecular weight excluding hydrogens is 200 g/mol. The quantitative estimate of drug-likeness (QED) is 0.804. The number of anilines is 2. The summed E-state index contributed by atoms with van der Waals surface area (Å²) in [7, 11) is 0. The fourth-order valence-corrected chi connectivity index (χ4v) is 1.56. The Bertz CT molecular complexity index is 338. The van der Waals surface area contributed by atoms with Gasteiger partial charge in [0.15, 0.2) is 5.82 Å². The molecule has 0 bridgehead atoms. The van der Waals surface area contributed by atoms with E-state index >= 15 is 0 Å². The molecule has 0 saturated heterocycles. The Kier molecular flexibility index (Phi) is 2.46. The number of nitrogens with one attached hydrogen (secondary N) is 1. The van der Waals surface area contributed by atoms with Crippen molar-refractivity contribution < 1.29 is 0 Å². The van der Waals surface area contributed by atoms with Gasteiger partial charge in [0.2, 0.25) is 5.95 Å². The Morgan fingerprint density at radius 1 is 1.64 bits per heavy atom. The minimum atomic E-state index is 0.250. The lowest BCUT2D eigenvalue weighted by molar-refractivity contribution is 0.690. The van der Waals surface area contributed by atoms with Crippen molar-refractivity contribution in [2.24, 2.45) is 5.92 Å². The van der Waals surface area contributed by atoms with E-state index in [0.29, 0.717) is 16.9 Å². The molecule has 3 N–H and O–H groups in total. The zero-order chi connectivity index (χ0) is 10.1. The van der Waals surface area contributed by atoms with E-state index in [9.17, 15) is 0 Å². The number of halogens is 1. The second-order valence-electron chi connectivity index (χ2n) is 3.70. The smallest absolute Gasteiger partial charge is 0.222 e. The molecule has 1 atom stereocenters. The van der Waals surface area contributed by atoms with Gasteiger partial charge in [0, 0.05) is 6.04 Å². The van der Waals surface area contributed by atoms with Gasteiger partial charge in [0.1, 0.15) is 5.02 Å². The minimum Gasteiger partial charge on any atom is -0.368 e. The molecule has 5 heteroatoms. The van der Waals surface area contributed by atoms with Crippen LogP contribution in [0.5, 0.6) is 0 Å². The summed E-state index contributed by atoms with van der Waals surface area (Å²) in [6.45, 7) is 2.13. The van der Waals surface area contributed by atoms with Crippen LogP contribution >= 0.6 is 11.6 Å². The fraction of sp³-hybridized carbons (Fsp3) is 0.556. The van der Waals surface area contributed by atoms with E-state index in [-0.39, 0.29) is 5.95 Å². The minimum absolute atomic E-state index is 0.250. The van der Waals surface area contributed by atoms with Gasteiger partial charge in [-0.2, -0.15) is 4.98 Å². The number of nitrogens with two attached hydrogens (primary N) is 1. The third-order valence-electron chi connectivity index (χ3n) is 2.46. The molecule has 1 fully saturated rings. The maximum absolute atomic E-state index is 5.92. The van der Waals surface area contributed by atoms with Gasteiger partial charge in [0.05, 0.1) is 6.20 Å². The topological polar surface area (TPSA) is 63.8 Å². The zero-order valence-corrected chi connectivity index (χ0v) is 8.75. The highest BCUT2D eigenvalue weighted by Crippen LogP contribution is 2.34. The van der Waals surface area contributed by atoms with Gasteiger partial charge in [-0.3, -0.25) is 0 Å². The van der Waals surface area contributed by atoms with Crippen LogP contribution in [0.3, 0.4) is 0 Å². The lowest BCUT2D eigenvalue weighted by Gasteiger charge is -2.14. The molecular formula is C9H13ClN4. The van der Waals surface area contributed by atoms with Crippen LogP contribution in [0.1, 0.15) is 19.8 Å². The molecule has 0 aliphatic heterocycles. The zero-order valence-electron chi connectivity index (χ0n) is 8.00. The maximum Gasteiger partial charge on any atom is 0.222 e. The summed E-state index contributed by atoms with van der Waals surface area (Å²) in [4.78, 5) is 7.85. The van der Waals surface area contributed by atoms with Gasteiger partial charge < -0.3 is 11.1 Å². The number of nitrogen functional groups attached to an aromatic ring is 1. The van der Waals surface area contributed by atoms with E-state index in [0.717, 1.165) is 5.92 Å². The summed E-state index contributed by atoms with van der Waals surface area (Å²) in [5.74, 6) is 1.64. The second-order valence-corrected chi connectivity index (χ2v) is 4.10. The molecule has 0 spiro atoms. The van der Waals surface area contributed by atoms with Crippen molar-refractivity contribution in [2.45, 2.75) is 25.8 Å². The van der Waals surface area contributed by atoms with Crippen molar-refractivity contribution in [2.75, 3.05) is 11.1 Å². The first-order valence-electron chi connectivity index (χ1n) is 4.71. The van der Waals surface area contributed by atoms with E-state index in [2.05, 4.69) is 22.2 Å². The standard InChI is InChI=1S/C9H13ClN4/c1-5(6-2-3-6)13-8-7(10)4-12-9(11)14-8/h4-6H,2-3H2,1H3,(H3,11,12,13,14). The van der Waals surface area contributed by atoms with Gasteiger partial charge in [-0.15, -0.1) is 0 Å². The summed E-state index contributed by atoms with van der Waals surface area (Å²) < 4.78 is 0. The Morgan fingerprint density at radius 3 is 3.00 bits per heavy atom. The Labute approximate surface area is 87.9 Å². The van der Waals surface area contributed by atoms with Crippen molar-refractivity contribution >= 4 is 23.4 Å². The molecule has 1 aromatic heterocycles. The van der Waals surface area contributed by atoms with E-state index < -0.39 is 0 Å². The SMILES string of the molecule is CC(Nc1nc(N)ncc1Cl)C1CC1. The highest BCUT2D eigenvalue weighted by molar-refractivity contribution is 6.32. The first-order valence-corrected chi connectivity index (χ1v) is 5.09. The van der Waals surface area contributed by atoms with Gasteiger partial charge in [-0.25, -0.2) is 4.98 Å². The monoisotopic (exact) mass is 212 g/mol. The van der Waals surface area contributed by atoms with Crippen LogP contribution < -0.4 is 11.1 Å². The van der Waals surface area contributed by atoms with Crippen molar-refractivity contribution in [3.05, 3.63) is 11.2 Å². The van der Waals surface area contributed by atoms with Gasteiger partial charge >= 0.3 is 0 Å². The first-order chi connectivity index (χ1) is 6.66. The average Bonchev–Trinajstić information content (AvgIpc) is 2.94. The Morgan fingerprint density at radius 2 is 2.36 bits per heavy atom. The van der Waals surface area contributed by atoms with Crippen LogP contribution in [-0.2, 0) is 0 Å². The van der Waals surface area contributed by atoms with Crippen LogP contribution in [0.4, 0.5) is 11.8 Å². The van der Waals surface area contributed by atoms with Crippen molar-refractivity contribution in [3.63, 3.8) is 0 Å². The van der Waals surface area contributed by atoms with Gasteiger partial charge in [0.25, 0.3) is 0 Å². The summed E-state index contributed by atoms with van der Waals surface area (Å²) in [6, 6.07) is 0.404. The number of hydrogen-bond acceptors (Lipinski definition) is 4. The van der Waals surface area contributed by atoms with Gasteiger partial charge in [-0.1, -0.05) is 11.6 Å². The fourth-order valence-electron chi connectivity index (χ4n) is 1.41. The molecule has 1 heterocycles. The summed E-state index contributed by atoms with van der Waals surface area (Å²) in [5, 5.41) is 3.77. The van der Waals surface area contributed by atoms with E-state index in [1.54, 1.807) is 0 Å². The van der Waals surface area contributed by atoms with Crippen LogP contribution in [-0.4, -0.2) is 16.0 Å². The number of nitrogens with zero attached hydrogens (tertiary/aromatic N) is 2. The molecule has 0 aromatic carbocycles. The molecule has 76 valence electrons. The molecule has 1 unspecified atom stereocenters. The molecule has 1 aliphatic rings. The number of hydrogen-bond donors (Lipinski definition) is 2. The highest BCUT2D eigenvalue weighted by atomic mass is 35.5. The Hall–Kier alpha value is -1.03. The average molecular weight is 213 g/mol. The van der Waals surface area contributed by atoms with E-state index in [4.69, 9.17) is 17.3 Å². The number of aromatic nitrogens is 2. The van der Waals surface area contributed by atoms with Crippen molar-refractivity contribution in [3.8, 4) is 0 Å². The third-order valence-corrected chi connectivity index (χ3v) is 2.73. The van der Waals surface area contributed by atoms with Crippen LogP contribution in [0, 0.1) is 5.92 Å². The van der Waals surface area contributed by atoms with Gasteiger partial charge in [-0.05, 0) is 25.7 Å². The maximum atomic E-state index is 5.92. The van der Waals surface area contributed by atoms with E-state index in [1.807, 2.05) is 0 Å². The van der Waals surface area contributed by atoms with Crippen molar-refractivity contribution in [1.82, 2.24) is 9.97 Å². The first kappa shape index (κ1) is 9.52. The largest absolute Gasteiger partial charge is 0.368 e. The summed E-state index contributed by atoms with van der Waals surface area (Å²) in [6.07, 6.45) is 4.09. The molecule has 1 aliphatic carbocycles.